The van der Waals surface area contributed by atoms with Gasteiger partial charge in [-0.05, 0) is 33.3 Å². The van der Waals surface area contributed by atoms with Crippen LogP contribution in [0.4, 0.5) is 17.5 Å². The average Bonchev–Trinajstić information content (AvgIpc) is 3.47. The van der Waals surface area contributed by atoms with E-state index in [4.69, 9.17) is 4.42 Å². The molecule has 202 valence electrons. The zero-order chi connectivity index (χ0) is 27.9. The topological polar surface area (TPSA) is 162 Å². The number of nitrogens with one attached hydrogen (secondary N) is 2. The Hall–Kier alpha value is -4.42. The highest BCUT2D eigenvalue weighted by Gasteiger charge is 2.42. The van der Waals surface area contributed by atoms with E-state index in [1.165, 1.54) is 6.20 Å². The Labute approximate surface area is 225 Å². The van der Waals surface area contributed by atoms with Gasteiger partial charge in [0.1, 0.15) is 11.4 Å². The maximum absolute atomic E-state index is 12.6. The normalized spacial score (nSPS) is 15.3. The van der Waals surface area contributed by atoms with Crippen LogP contribution in [0.1, 0.15) is 61.2 Å². The summed E-state index contributed by atoms with van der Waals surface area (Å²) in [4.78, 5) is 27.6. The summed E-state index contributed by atoms with van der Waals surface area (Å²) in [7, 11) is 1.74. The van der Waals surface area contributed by atoms with E-state index < -0.39 is 17.2 Å². The number of aromatic nitrogens is 5. The molecule has 0 aliphatic carbocycles. The number of benzene rings is 1. The molecule has 1 aliphatic heterocycles. The third kappa shape index (κ3) is 4.91. The van der Waals surface area contributed by atoms with E-state index in [0.29, 0.717) is 28.3 Å². The Morgan fingerprint density at radius 3 is 2.49 bits per heavy atom. The second-order valence-electron chi connectivity index (χ2n) is 10.4. The minimum atomic E-state index is -1.32. The van der Waals surface area contributed by atoms with Gasteiger partial charge in [0.25, 0.3) is 11.8 Å². The van der Waals surface area contributed by atoms with Crippen LogP contribution in [-0.2, 0) is 11.1 Å². The highest BCUT2D eigenvalue weighted by Crippen LogP contribution is 2.37. The summed E-state index contributed by atoms with van der Waals surface area (Å²) in [6, 6.07) is 10.8. The molecule has 39 heavy (non-hydrogen) atoms. The third-order valence-electron chi connectivity index (χ3n) is 6.78. The number of pyridine rings is 1. The molecular weight excluding hydrogens is 500 g/mol. The Bertz CT molecular complexity index is 1510. The lowest BCUT2D eigenvalue weighted by atomic mass is 10.0. The summed E-state index contributed by atoms with van der Waals surface area (Å²) < 4.78 is 5.75. The smallest absolute Gasteiger partial charge is 0.257 e. The zero-order valence-corrected chi connectivity index (χ0v) is 22.3. The Morgan fingerprint density at radius 2 is 1.82 bits per heavy atom. The van der Waals surface area contributed by atoms with E-state index in [1.807, 2.05) is 44.2 Å². The predicted octanol–water partition coefficient (Wildman–Crippen LogP) is 3.36. The maximum atomic E-state index is 12.6. The van der Waals surface area contributed by atoms with Crippen LogP contribution in [0.2, 0.25) is 0 Å². The van der Waals surface area contributed by atoms with Gasteiger partial charge in [-0.1, -0.05) is 30.3 Å². The van der Waals surface area contributed by atoms with Crippen molar-refractivity contribution in [3.8, 4) is 11.5 Å². The number of hydrogen-bond donors (Lipinski definition) is 4. The van der Waals surface area contributed by atoms with Gasteiger partial charge < -0.3 is 30.2 Å². The molecular formula is C27H30N8O4. The number of aliphatic hydroxyl groups excluding tert-OH is 1. The number of aliphatic hydroxyl groups is 2. The first-order valence-electron chi connectivity index (χ1n) is 12.4. The molecule has 0 saturated heterocycles. The first kappa shape index (κ1) is 26.2. The Balaban J connectivity index is 1.52. The van der Waals surface area contributed by atoms with Gasteiger partial charge in [-0.25, -0.2) is 15.0 Å². The van der Waals surface area contributed by atoms with Crippen molar-refractivity contribution in [1.29, 1.82) is 0 Å². The van der Waals surface area contributed by atoms with Crippen LogP contribution in [0.25, 0.3) is 11.5 Å². The number of anilines is 3. The third-order valence-corrected chi connectivity index (χ3v) is 6.78. The SMILES string of the molecule is CN1C(=O)c2cnc(Nc3cc(N[C@H](CO)c4ccccc4)c(-c4nnc(C(C)(C)O)o4)cn3)nc2C1(C)C. The molecule has 5 rings (SSSR count). The van der Waals surface area contributed by atoms with Gasteiger partial charge in [-0.15, -0.1) is 10.2 Å². The molecule has 0 saturated carbocycles. The summed E-state index contributed by atoms with van der Waals surface area (Å²) in [6.45, 7) is 6.77. The highest BCUT2D eigenvalue weighted by molar-refractivity contribution is 5.99. The fourth-order valence-electron chi connectivity index (χ4n) is 4.27. The van der Waals surface area contributed by atoms with Gasteiger partial charge >= 0.3 is 0 Å². The van der Waals surface area contributed by atoms with Crippen LogP contribution in [0.5, 0.6) is 0 Å². The van der Waals surface area contributed by atoms with Gasteiger partial charge in [-0.2, -0.15) is 0 Å². The van der Waals surface area contributed by atoms with Crippen molar-refractivity contribution in [2.75, 3.05) is 24.3 Å². The van der Waals surface area contributed by atoms with E-state index >= 15 is 0 Å². The second kappa shape index (κ2) is 9.71. The molecule has 0 radical (unpaired) electrons. The monoisotopic (exact) mass is 530 g/mol. The average molecular weight is 531 g/mol. The minimum absolute atomic E-state index is 0.0566. The van der Waals surface area contributed by atoms with E-state index in [9.17, 15) is 15.0 Å². The van der Waals surface area contributed by atoms with Gasteiger partial charge in [0, 0.05) is 25.5 Å². The van der Waals surface area contributed by atoms with Gasteiger partial charge in [0.2, 0.25) is 11.8 Å². The lowest BCUT2D eigenvalue weighted by Gasteiger charge is -2.27. The van der Waals surface area contributed by atoms with Crippen LogP contribution in [-0.4, -0.2) is 59.8 Å². The zero-order valence-electron chi connectivity index (χ0n) is 22.3. The fraction of sp³-hybridized carbons (Fsp3) is 0.333. The lowest BCUT2D eigenvalue weighted by Crippen LogP contribution is -2.35. The molecule has 0 bridgehead atoms. The largest absolute Gasteiger partial charge is 0.417 e. The van der Waals surface area contributed by atoms with Gasteiger partial charge in [0.05, 0.1) is 40.7 Å². The van der Waals surface area contributed by atoms with Crippen molar-refractivity contribution in [3.63, 3.8) is 0 Å². The molecule has 0 spiro atoms. The molecule has 3 aromatic heterocycles. The van der Waals surface area contributed by atoms with Crippen molar-refractivity contribution < 1.29 is 19.4 Å². The van der Waals surface area contributed by atoms with E-state index in [-0.39, 0.29) is 30.2 Å². The molecule has 1 amide bonds. The van der Waals surface area contributed by atoms with E-state index in [2.05, 4.69) is 35.8 Å². The highest BCUT2D eigenvalue weighted by atomic mass is 16.4. The molecule has 4 heterocycles. The number of hydrogen-bond acceptors (Lipinski definition) is 11. The number of nitrogens with zero attached hydrogens (tertiary/aromatic N) is 6. The summed E-state index contributed by atoms with van der Waals surface area (Å²) in [5.41, 5.74) is 1.07. The summed E-state index contributed by atoms with van der Waals surface area (Å²) >= 11 is 0. The van der Waals surface area contributed by atoms with Crippen LogP contribution in [0.3, 0.4) is 0 Å². The summed E-state index contributed by atoms with van der Waals surface area (Å²) in [6.07, 6.45) is 3.06. The predicted molar refractivity (Wildman–Crippen MR) is 143 cm³/mol. The molecule has 4 N–H and O–H groups in total. The Morgan fingerprint density at radius 1 is 1.10 bits per heavy atom. The second-order valence-corrected chi connectivity index (χ2v) is 10.4. The number of amides is 1. The molecule has 12 nitrogen and oxygen atoms in total. The first-order chi connectivity index (χ1) is 18.5. The van der Waals surface area contributed by atoms with Crippen molar-refractivity contribution in [2.45, 2.75) is 44.9 Å². The van der Waals surface area contributed by atoms with E-state index in [0.717, 1.165) is 5.56 Å². The van der Waals surface area contributed by atoms with Gasteiger partial charge in [0.15, 0.2) is 0 Å². The Kier molecular flexibility index (Phi) is 6.52. The molecule has 1 aliphatic rings. The molecule has 4 aromatic rings. The standard InChI is InChI=1S/C27H30N8O4/c1-26(2)21-17(23(37)35(26)5)13-29-25(32-21)31-20-11-18(30-19(14-36)15-9-7-6-8-10-15)16(12-28-20)22-33-34-24(39-22)27(3,4)38/h6-13,19,36,38H,14H2,1-5H3,(H2,28,29,30,31,32)/t19-/m1/s1. The van der Waals surface area contributed by atoms with Gasteiger partial charge in [-0.3, -0.25) is 4.79 Å². The van der Waals surface area contributed by atoms with Crippen molar-refractivity contribution >= 4 is 23.4 Å². The van der Waals surface area contributed by atoms with Crippen LogP contribution < -0.4 is 10.6 Å². The summed E-state index contributed by atoms with van der Waals surface area (Å²) in [5, 5.41) is 35.0. The quantitative estimate of drug-likeness (QED) is 0.264. The first-order valence-corrected chi connectivity index (χ1v) is 12.4. The lowest BCUT2D eigenvalue weighted by molar-refractivity contribution is 0.0487. The summed E-state index contributed by atoms with van der Waals surface area (Å²) in [5.74, 6) is 0.761. The molecule has 12 heteroatoms. The molecule has 1 aromatic carbocycles. The van der Waals surface area contributed by atoms with E-state index in [1.54, 1.807) is 38.1 Å². The number of rotatable bonds is 8. The van der Waals surface area contributed by atoms with Crippen molar-refractivity contribution in [3.05, 3.63) is 71.5 Å². The molecule has 0 unspecified atom stereocenters. The van der Waals surface area contributed by atoms with Crippen molar-refractivity contribution in [1.82, 2.24) is 30.0 Å². The number of carbonyl (C=O) groups is 1. The molecule has 0 fully saturated rings. The van der Waals surface area contributed by atoms with Crippen molar-refractivity contribution in [2.24, 2.45) is 0 Å². The number of carbonyl (C=O) groups excluding carboxylic acids is 1. The molecule has 1 atom stereocenters. The maximum Gasteiger partial charge on any atom is 0.257 e. The minimum Gasteiger partial charge on any atom is -0.417 e. The number of fused-ring (bicyclic) bond motifs is 1. The van der Waals surface area contributed by atoms with Crippen LogP contribution in [0, 0.1) is 0 Å². The van der Waals surface area contributed by atoms with Crippen LogP contribution >= 0.6 is 0 Å². The fourth-order valence-corrected chi connectivity index (χ4v) is 4.27. The van der Waals surface area contributed by atoms with Crippen LogP contribution in [0.15, 0.2) is 53.2 Å².